The van der Waals surface area contributed by atoms with Gasteiger partial charge in [-0.25, -0.2) is 0 Å². The molecule has 2 aliphatic carbocycles. The molecule has 1 N–H and O–H groups in total. The highest BCUT2D eigenvalue weighted by atomic mass is 16.3. The molecule has 6 atom stereocenters. The summed E-state index contributed by atoms with van der Waals surface area (Å²) < 4.78 is 0. The van der Waals surface area contributed by atoms with Crippen LogP contribution >= 0.6 is 0 Å². The summed E-state index contributed by atoms with van der Waals surface area (Å²) in [5, 5.41) is 11.5. The minimum absolute atomic E-state index is 0.0844. The van der Waals surface area contributed by atoms with Crippen LogP contribution in [0.1, 0.15) is 41.0 Å². The number of likely N-dealkylation sites (tertiary alicyclic amines) is 2. The summed E-state index contributed by atoms with van der Waals surface area (Å²) in [5.74, 6) is -4.31. The summed E-state index contributed by atoms with van der Waals surface area (Å²) >= 11 is 0. The van der Waals surface area contributed by atoms with Crippen molar-refractivity contribution in [3.05, 3.63) is 125 Å². The zero-order valence-electron chi connectivity index (χ0n) is 24.3. The van der Waals surface area contributed by atoms with Crippen LogP contribution in [-0.4, -0.2) is 38.5 Å². The zero-order chi connectivity index (χ0) is 30.5. The van der Waals surface area contributed by atoms with Gasteiger partial charge in [0.2, 0.25) is 23.6 Å². The summed E-state index contributed by atoms with van der Waals surface area (Å²) in [4.78, 5) is 58.7. The third-order valence-corrected chi connectivity index (χ3v) is 10.0. The lowest BCUT2D eigenvalue weighted by Gasteiger charge is -2.44. The van der Waals surface area contributed by atoms with E-state index >= 15 is 0 Å². The Morgan fingerprint density at radius 2 is 1.30 bits per heavy atom. The fraction of sp³-hybridized carbons (Fsp3) is 0.297. The first-order valence-electron chi connectivity index (χ1n) is 15.3. The van der Waals surface area contributed by atoms with Crippen molar-refractivity contribution in [2.24, 2.45) is 29.6 Å². The molecule has 7 nitrogen and oxygen atoms in total. The monoisotopic (exact) mass is 586 g/mol. The van der Waals surface area contributed by atoms with Crippen molar-refractivity contribution in [3.8, 4) is 5.75 Å². The first-order chi connectivity index (χ1) is 21.4. The SMILES string of the molecule is C=CCc1cccc(C2C3=CCC4C(=O)N(Cc5ccccc5)C(=O)C4C3CC3C(=O)N(Cc4ccccc4)C(=O)C32)c1O. The van der Waals surface area contributed by atoms with Crippen molar-refractivity contribution in [2.75, 3.05) is 0 Å². The van der Waals surface area contributed by atoms with Crippen molar-refractivity contribution < 1.29 is 24.3 Å². The van der Waals surface area contributed by atoms with E-state index in [1.54, 1.807) is 6.08 Å². The number of aromatic hydroxyl groups is 1. The van der Waals surface area contributed by atoms with Gasteiger partial charge in [-0.3, -0.25) is 29.0 Å². The molecular formula is C37H34N2O5. The molecule has 7 heteroatoms. The molecule has 3 fully saturated rings. The molecule has 0 radical (unpaired) electrons. The number of amides is 4. The second-order valence-corrected chi connectivity index (χ2v) is 12.4. The molecule has 3 aromatic carbocycles. The third-order valence-electron chi connectivity index (χ3n) is 10.0. The predicted molar refractivity (Wildman–Crippen MR) is 164 cm³/mol. The Bertz CT molecular complexity index is 1700. The summed E-state index contributed by atoms with van der Waals surface area (Å²) in [6, 6.07) is 24.4. The molecular weight excluding hydrogens is 552 g/mol. The number of fused-ring (bicyclic) bond motifs is 4. The maximum atomic E-state index is 14.2. The largest absolute Gasteiger partial charge is 0.507 e. The number of nitrogens with zero attached hydrogens (tertiary/aromatic N) is 2. The zero-order valence-corrected chi connectivity index (χ0v) is 24.3. The molecule has 0 bridgehead atoms. The number of benzene rings is 3. The van der Waals surface area contributed by atoms with Gasteiger partial charge in [-0.2, -0.15) is 0 Å². The van der Waals surface area contributed by atoms with Gasteiger partial charge in [0.25, 0.3) is 0 Å². The highest BCUT2D eigenvalue weighted by molar-refractivity contribution is 6.08. The van der Waals surface area contributed by atoms with Crippen LogP contribution in [0.15, 0.2) is 103 Å². The van der Waals surface area contributed by atoms with E-state index in [0.29, 0.717) is 30.4 Å². The molecule has 0 spiro atoms. The molecule has 44 heavy (non-hydrogen) atoms. The van der Waals surface area contributed by atoms with Gasteiger partial charge in [0.05, 0.1) is 36.8 Å². The van der Waals surface area contributed by atoms with Gasteiger partial charge in [-0.1, -0.05) is 96.6 Å². The molecule has 222 valence electrons. The number of imide groups is 2. The fourth-order valence-corrected chi connectivity index (χ4v) is 8.09. The Balaban J connectivity index is 1.30. The summed E-state index contributed by atoms with van der Waals surface area (Å²) in [7, 11) is 0. The van der Waals surface area contributed by atoms with Crippen molar-refractivity contribution in [1.29, 1.82) is 0 Å². The second-order valence-electron chi connectivity index (χ2n) is 12.4. The molecule has 1 saturated carbocycles. The number of carbonyl (C=O) groups is 4. The number of phenols is 1. The van der Waals surface area contributed by atoms with E-state index in [0.717, 1.165) is 16.7 Å². The van der Waals surface area contributed by atoms with Gasteiger partial charge in [0.15, 0.2) is 0 Å². The van der Waals surface area contributed by atoms with E-state index in [-0.39, 0.29) is 42.5 Å². The Morgan fingerprint density at radius 3 is 1.91 bits per heavy atom. The number of para-hydroxylation sites is 1. The molecule has 2 heterocycles. The molecule has 6 unspecified atom stereocenters. The predicted octanol–water partition coefficient (Wildman–Crippen LogP) is 5.16. The first kappa shape index (κ1) is 28.0. The first-order valence-corrected chi connectivity index (χ1v) is 15.3. The lowest BCUT2D eigenvalue weighted by Crippen LogP contribution is -2.43. The summed E-state index contributed by atoms with van der Waals surface area (Å²) in [6.07, 6.45) is 4.87. The number of carbonyl (C=O) groups excluding carboxylic acids is 4. The van der Waals surface area contributed by atoms with Crippen molar-refractivity contribution in [1.82, 2.24) is 9.80 Å². The van der Waals surface area contributed by atoms with Gasteiger partial charge in [0, 0.05) is 11.5 Å². The Morgan fingerprint density at radius 1 is 0.705 bits per heavy atom. The van der Waals surface area contributed by atoms with Gasteiger partial charge in [0.1, 0.15) is 5.75 Å². The van der Waals surface area contributed by atoms with Crippen molar-refractivity contribution in [2.45, 2.75) is 38.3 Å². The Kier molecular flexibility index (Phi) is 7.04. The van der Waals surface area contributed by atoms with E-state index < -0.39 is 35.5 Å². The minimum Gasteiger partial charge on any atom is -0.507 e. The molecule has 4 amide bonds. The number of allylic oxidation sites excluding steroid dienone is 3. The number of hydrogen-bond donors (Lipinski definition) is 1. The second kappa shape index (κ2) is 11.1. The average molecular weight is 587 g/mol. The van der Waals surface area contributed by atoms with Crippen LogP contribution in [0.2, 0.25) is 0 Å². The third kappa shape index (κ3) is 4.41. The molecule has 4 aliphatic rings. The van der Waals surface area contributed by atoms with E-state index in [9.17, 15) is 24.3 Å². The molecule has 0 aromatic heterocycles. The van der Waals surface area contributed by atoms with Crippen LogP contribution < -0.4 is 0 Å². The quantitative estimate of drug-likeness (QED) is 0.305. The van der Waals surface area contributed by atoms with Crippen molar-refractivity contribution >= 4 is 23.6 Å². The molecule has 2 saturated heterocycles. The lowest BCUT2D eigenvalue weighted by atomic mass is 9.57. The maximum Gasteiger partial charge on any atom is 0.234 e. The summed E-state index contributed by atoms with van der Waals surface area (Å²) in [5.41, 5.74) is 3.87. The Hall–Kier alpha value is -4.78. The van der Waals surface area contributed by atoms with E-state index in [4.69, 9.17) is 0 Å². The Labute approximate surface area is 256 Å². The smallest absolute Gasteiger partial charge is 0.234 e. The van der Waals surface area contributed by atoms with Crippen LogP contribution in [0.5, 0.6) is 5.75 Å². The normalized spacial score (nSPS) is 27.6. The van der Waals surface area contributed by atoms with Crippen LogP contribution in [0, 0.1) is 29.6 Å². The molecule has 7 rings (SSSR count). The van der Waals surface area contributed by atoms with E-state index in [1.165, 1.54) is 9.80 Å². The molecule has 2 aliphatic heterocycles. The topological polar surface area (TPSA) is 95.0 Å². The maximum absolute atomic E-state index is 14.2. The van der Waals surface area contributed by atoms with Crippen LogP contribution in [0.3, 0.4) is 0 Å². The average Bonchev–Trinajstić information content (AvgIpc) is 3.42. The van der Waals surface area contributed by atoms with Crippen LogP contribution in [0.4, 0.5) is 0 Å². The van der Waals surface area contributed by atoms with Gasteiger partial charge >= 0.3 is 0 Å². The number of rotatable bonds is 7. The summed E-state index contributed by atoms with van der Waals surface area (Å²) in [6.45, 7) is 4.19. The number of hydrogen-bond acceptors (Lipinski definition) is 5. The van der Waals surface area contributed by atoms with Gasteiger partial charge in [-0.15, -0.1) is 6.58 Å². The fourth-order valence-electron chi connectivity index (χ4n) is 8.09. The standard InChI is InChI=1S/C37H34N2O5/c1-2-10-24-15-9-16-26(33(24)40)30-25-17-18-27-31(36(43)38(34(27)41)20-22-11-5-3-6-12-22)28(25)19-29-32(30)37(44)39(35(29)42)21-23-13-7-4-8-14-23/h2-9,11-17,27-32,40H,1,10,18-21H2. The van der Waals surface area contributed by atoms with Gasteiger partial charge < -0.3 is 5.11 Å². The number of phenolic OH excluding ortho intramolecular Hbond substituents is 1. The highest BCUT2D eigenvalue weighted by Crippen LogP contribution is 2.59. The minimum atomic E-state index is -0.706. The van der Waals surface area contributed by atoms with Crippen LogP contribution in [0.25, 0.3) is 0 Å². The van der Waals surface area contributed by atoms with Crippen LogP contribution in [-0.2, 0) is 38.7 Å². The van der Waals surface area contributed by atoms with E-state index in [2.05, 4.69) is 6.58 Å². The van der Waals surface area contributed by atoms with Crippen molar-refractivity contribution in [3.63, 3.8) is 0 Å². The lowest BCUT2D eigenvalue weighted by molar-refractivity contribution is -0.142. The van der Waals surface area contributed by atoms with Gasteiger partial charge in [-0.05, 0) is 41.9 Å². The van der Waals surface area contributed by atoms with E-state index in [1.807, 2.05) is 84.9 Å². The molecule has 3 aromatic rings. The highest BCUT2D eigenvalue weighted by Gasteiger charge is 2.62.